The molecule has 0 unspecified atom stereocenters. The fourth-order valence-corrected chi connectivity index (χ4v) is 16.2. The second kappa shape index (κ2) is 8.96. The van der Waals surface area contributed by atoms with E-state index in [1.807, 2.05) is 0 Å². The van der Waals surface area contributed by atoms with E-state index in [9.17, 15) is 0 Å². The fraction of sp³-hybridized carbons (Fsp3) is 0. The highest BCUT2D eigenvalue weighted by atomic mass is 28.4. The minimum Gasteiger partial charge on any atom is -0.314 e. The molecule has 0 fully saturated rings. The van der Waals surface area contributed by atoms with Crippen molar-refractivity contribution in [3.05, 3.63) is 170 Å². The number of aromatic nitrogens is 4. The normalized spacial score (nSPS) is 14.2. The zero-order valence-electron chi connectivity index (χ0n) is 28.5. The van der Waals surface area contributed by atoms with Gasteiger partial charge < -0.3 is 16.9 Å². The minimum atomic E-state index is -3.66. The molecule has 0 amide bonds. The Kier molecular flexibility index (Phi) is 4.55. The molecule has 6 heterocycles. The van der Waals surface area contributed by atoms with Gasteiger partial charge in [0.1, 0.15) is 0 Å². The number of benzene rings is 8. The molecule has 0 aliphatic carbocycles. The lowest BCUT2D eigenvalue weighted by Crippen LogP contribution is -2.63. The van der Waals surface area contributed by atoms with E-state index in [1.165, 1.54) is 109 Å². The summed E-state index contributed by atoms with van der Waals surface area (Å²) in [7, 11) is -3.66. The van der Waals surface area contributed by atoms with Crippen LogP contribution in [0.5, 0.6) is 0 Å². The number of nitrogens with zero attached hydrogens (tertiary/aromatic N) is 4. The summed E-state index contributed by atoms with van der Waals surface area (Å²) in [6, 6.07) is 64.6. The average Bonchev–Trinajstić information content (AvgIpc) is 3.92. The van der Waals surface area contributed by atoms with Crippen LogP contribution in [-0.4, -0.2) is 25.7 Å². The molecule has 8 aromatic carbocycles. The molecule has 0 saturated carbocycles. The molecule has 5 heteroatoms. The molecule has 12 aromatic rings. The van der Waals surface area contributed by atoms with Gasteiger partial charge in [0.05, 0.1) is 22.1 Å². The van der Waals surface area contributed by atoms with E-state index in [4.69, 9.17) is 0 Å². The van der Waals surface area contributed by atoms with Crippen molar-refractivity contribution in [3.63, 3.8) is 0 Å². The van der Waals surface area contributed by atoms with Gasteiger partial charge >= 0.3 is 8.72 Å². The number of hydrogen-bond acceptors (Lipinski definition) is 0. The Morgan fingerprint density at radius 2 is 0.453 bits per heavy atom. The third kappa shape index (κ3) is 2.81. The van der Waals surface area contributed by atoms with Crippen LogP contribution in [-0.2, 0) is 0 Å². The minimum absolute atomic E-state index is 1.26. The molecule has 0 N–H and O–H groups in total. The van der Waals surface area contributed by atoms with Crippen LogP contribution in [0.4, 0.5) is 0 Å². The van der Waals surface area contributed by atoms with Crippen LogP contribution in [0.1, 0.15) is 0 Å². The smallest absolute Gasteiger partial charge is 0.314 e. The zero-order chi connectivity index (χ0) is 34.2. The Morgan fingerprint density at radius 1 is 0.226 bits per heavy atom. The molecule has 4 nitrogen and oxygen atoms in total. The molecular weight excluding hydrogens is 661 g/mol. The maximum atomic E-state index is 2.86. The van der Waals surface area contributed by atoms with Gasteiger partial charge in [-0.1, -0.05) is 146 Å². The lowest BCUT2D eigenvalue weighted by atomic mass is 9.99. The second-order valence-electron chi connectivity index (χ2n) is 14.8. The number of rotatable bonds is 0. The standard InChI is InChI=1S/C48H28N4Si/c1-5-25-41-29(13-1)33-17-9-21-37-38-22-10-18-34-30-14-2-6-26-42(30)50(46(34)38)53(49(41)45(33)37)51-43-27-7-3-15-31(43)35-19-11-23-39(47(35)51)40-24-12-20-36-32-16-4-8-28-44(32)52(53)48(36)40/h1-28H. The molecule has 0 bridgehead atoms. The van der Waals surface area contributed by atoms with E-state index in [0.29, 0.717) is 0 Å². The molecule has 244 valence electrons. The predicted octanol–water partition coefficient (Wildman–Crippen LogP) is 12.0. The maximum absolute atomic E-state index is 3.66. The molecular formula is C48H28N4Si. The summed E-state index contributed by atoms with van der Waals surface area (Å²) in [5.41, 5.74) is 15.4. The van der Waals surface area contributed by atoms with Gasteiger partial charge in [-0.3, -0.25) is 0 Å². The Bertz CT molecular complexity index is 3160. The second-order valence-corrected chi connectivity index (χ2v) is 17.8. The van der Waals surface area contributed by atoms with E-state index in [1.54, 1.807) is 0 Å². The van der Waals surface area contributed by atoms with Crippen molar-refractivity contribution in [3.8, 4) is 22.3 Å². The van der Waals surface area contributed by atoms with E-state index >= 15 is 0 Å². The average molecular weight is 689 g/mol. The van der Waals surface area contributed by atoms with Crippen molar-refractivity contribution in [2.45, 2.75) is 0 Å². The highest BCUT2D eigenvalue weighted by Crippen LogP contribution is 2.53. The predicted molar refractivity (Wildman–Crippen MR) is 223 cm³/mol. The fourth-order valence-electron chi connectivity index (χ4n) is 10.8. The lowest BCUT2D eigenvalue weighted by Gasteiger charge is -2.38. The molecule has 2 aliphatic rings. The Morgan fingerprint density at radius 3 is 0.717 bits per heavy atom. The van der Waals surface area contributed by atoms with Crippen LogP contribution in [0.2, 0.25) is 0 Å². The summed E-state index contributed by atoms with van der Waals surface area (Å²) >= 11 is 0. The largest absolute Gasteiger partial charge is 0.521 e. The molecule has 0 radical (unpaired) electrons. The Hall–Kier alpha value is -6.82. The molecule has 53 heavy (non-hydrogen) atoms. The topological polar surface area (TPSA) is 19.7 Å². The number of fused-ring (bicyclic) bond motifs is 18. The summed E-state index contributed by atoms with van der Waals surface area (Å²) in [5, 5.41) is 10.3. The molecule has 1 spiro atoms. The number of hydrogen-bond donors (Lipinski definition) is 0. The zero-order valence-corrected chi connectivity index (χ0v) is 29.5. The SMILES string of the molecule is c1ccc2c(c1)c1cccc3c1n2[Si]1(n2c4ccccc4c4cccc-3c42)n2c3ccccc3c3cccc(c32)-c2cccc3c4ccccc4n1c23. The van der Waals surface area contributed by atoms with Crippen molar-refractivity contribution in [1.29, 1.82) is 0 Å². The molecule has 2 aliphatic heterocycles. The third-order valence-corrected chi connectivity index (χ3v) is 16.8. The van der Waals surface area contributed by atoms with Crippen molar-refractivity contribution >= 4 is 95.9 Å². The molecule has 14 rings (SSSR count). The Labute approximate surface area is 303 Å². The first-order chi connectivity index (χ1) is 26.4. The number of para-hydroxylation sites is 8. The first-order valence-corrected chi connectivity index (χ1v) is 20.3. The van der Waals surface area contributed by atoms with E-state index in [0.717, 1.165) is 0 Å². The summed E-state index contributed by atoms with van der Waals surface area (Å²) in [6.45, 7) is 0. The van der Waals surface area contributed by atoms with Crippen LogP contribution < -0.4 is 0 Å². The van der Waals surface area contributed by atoms with Gasteiger partial charge in [-0.15, -0.1) is 0 Å². The van der Waals surface area contributed by atoms with Crippen LogP contribution in [0.25, 0.3) is 109 Å². The van der Waals surface area contributed by atoms with Gasteiger partial charge in [0.15, 0.2) is 0 Å². The molecule has 0 atom stereocenters. The van der Waals surface area contributed by atoms with Crippen molar-refractivity contribution < 1.29 is 0 Å². The quantitative estimate of drug-likeness (QED) is 0.141. The lowest BCUT2D eigenvalue weighted by molar-refractivity contribution is 0.929. The van der Waals surface area contributed by atoms with Crippen molar-refractivity contribution in [2.75, 3.05) is 0 Å². The monoisotopic (exact) mass is 688 g/mol. The molecule has 4 aromatic heterocycles. The van der Waals surface area contributed by atoms with Crippen LogP contribution in [0, 0.1) is 0 Å². The summed E-state index contributed by atoms with van der Waals surface area (Å²) in [4.78, 5) is 0. The summed E-state index contributed by atoms with van der Waals surface area (Å²) in [6.07, 6.45) is 0. The van der Waals surface area contributed by atoms with Crippen LogP contribution in [0.15, 0.2) is 170 Å². The van der Waals surface area contributed by atoms with Gasteiger partial charge in [-0.25, -0.2) is 0 Å². The van der Waals surface area contributed by atoms with E-state index < -0.39 is 8.72 Å². The van der Waals surface area contributed by atoms with Gasteiger partial charge in [-0.2, -0.15) is 0 Å². The maximum Gasteiger partial charge on any atom is 0.521 e. The van der Waals surface area contributed by atoms with Gasteiger partial charge in [0, 0.05) is 87.4 Å². The van der Waals surface area contributed by atoms with Gasteiger partial charge in [0.25, 0.3) is 0 Å². The van der Waals surface area contributed by atoms with Crippen molar-refractivity contribution in [1.82, 2.24) is 16.9 Å². The van der Waals surface area contributed by atoms with Gasteiger partial charge in [0.2, 0.25) is 0 Å². The molecule has 0 saturated heterocycles. The Balaban J connectivity index is 1.46. The summed E-state index contributed by atoms with van der Waals surface area (Å²) < 4.78 is 11.4. The highest BCUT2D eigenvalue weighted by Gasteiger charge is 2.55. The van der Waals surface area contributed by atoms with Gasteiger partial charge in [-0.05, 0) is 24.3 Å². The highest BCUT2D eigenvalue weighted by molar-refractivity contribution is 6.81. The van der Waals surface area contributed by atoms with E-state index in [2.05, 4.69) is 187 Å². The van der Waals surface area contributed by atoms with Crippen molar-refractivity contribution in [2.24, 2.45) is 0 Å². The van der Waals surface area contributed by atoms with Crippen LogP contribution in [0.3, 0.4) is 0 Å². The summed E-state index contributed by atoms with van der Waals surface area (Å²) in [5.74, 6) is 0. The first-order valence-electron chi connectivity index (χ1n) is 18.5. The third-order valence-electron chi connectivity index (χ3n) is 12.6. The van der Waals surface area contributed by atoms with Crippen LogP contribution >= 0.6 is 0 Å². The van der Waals surface area contributed by atoms with E-state index in [-0.39, 0.29) is 0 Å². The first kappa shape index (κ1) is 26.9.